The highest BCUT2D eigenvalue weighted by Gasteiger charge is 2.21. The molecule has 2 aromatic rings. The van der Waals surface area contributed by atoms with Crippen LogP contribution in [0.15, 0.2) is 48.5 Å². The summed E-state index contributed by atoms with van der Waals surface area (Å²) in [6, 6.07) is 14.3. The summed E-state index contributed by atoms with van der Waals surface area (Å²) in [5, 5.41) is 14.1. The van der Waals surface area contributed by atoms with Crippen molar-refractivity contribution in [2.75, 3.05) is 13.2 Å². The van der Waals surface area contributed by atoms with Gasteiger partial charge in [-0.2, -0.15) is 0 Å². The van der Waals surface area contributed by atoms with Crippen molar-refractivity contribution in [3.8, 4) is 11.1 Å². The minimum Gasteiger partial charge on any atom is -0.388 e. The maximum absolute atomic E-state index is 12.4. The number of aryl methyl sites for hydroxylation is 1. The van der Waals surface area contributed by atoms with Gasteiger partial charge in [0.1, 0.15) is 12.6 Å². The number of carbonyl (C=O) groups is 3. The number of benzene rings is 2. The molecule has 0 bridgehead atoms. The van der Waals surface area contributed by atoms with E-state index in [9.17, 15) is 14.4 Å². The fourth-order valence-corrected chi connectivity index (χ4v) is 2.59. The number of amides is 2. The standard InChI is InChI=1S/C21H24N2O4/c1-3-15-4-6-16(7-5-15)17-8-10-18(11-9-17)21(27)23-19(20(26)13-24)12-22-14(2)25/h4-11,19,24H,3,12-13H2,1-2H3,(H,22,25)(H,23,27)/t19-/m0/s1. The van der Waals surface area contributed by atoms with Gasteiger partial charge < -0.3 is 15.7 Å². The molecule has 0 radical (unpaired) electrons. The van der Waals surface area contributed by atoms with Crippen molar-refractivity contribution < 1.29 is 19.5 Å². The molecule has 2 aromatic carbocycles. The topological polar surface area (TPSA) is 95.5 Å². The summed E-state index contributed by atoms with van der Waals surface area (Å²) in [7, 11) is 0. The van der Waals surface area contributed by atoms with Gasteiger partial charge in [0.15, 0.2) is 5.78 Å². The van der Waals surface area contributed by atoms with Crippen LogP contribution in [0, 0.1) is 0 Å². The molecule has 0 saturated carbocycles. The first-order valence-corrected chi connectivity index (χ1v) is 8.82. The van der Waals surface area contributed by atoms with Crippen molar-refractivity contribution in [2.24, 2.45) is 0 Å². The third-order valence-corrected chi connectivity index (χ3v) is 4.25. The summed E-state index contributed by atoms with van der Waals surface area (Å²) in [6.07, 6.45) is 0.978. The predicted octanol–water partition coefficient (Wildman–Crippen LogP) is 1.71. The van der Waals surface area contributed by atoms with E-state index >= 15 is 0 Å². The van der Waals surface area contributed by atoms with Crippen molar-refractivity contribution in [1.29, 1.82) is 0 Å². The molecule has 0 heterocycles. The number of rotatable bonds is 8. The lowest BCUT2D eigenvalue weighted by Gasteiger charge is -2.17. The fourth-order valence-electron chi connectivity index (χ4n) is 2.59. The largest absolute Gasteiger partial charge is 0.388 e. The van der Waals surface area contributed by atoms with Gasteiger partial charge in [0.05, 0.1) is 0 Å². The van der Waals surface area contributed by atoms with Crippen molar-refractivity contribution in [1.82, 2.24) is 10.6 Å². The van der Waals surface area contributed by atoms with Gasteiger partial charge in [0, 0.05) is 19.0 Å². The Labute approximate surface area is 158 Å². The molecule has 0 fully saturated rings. The van der Waals surface area contributed by atoms with Crippen LogP contribution in [-0.2, 0) is 16.0 Å². The number of carbonyl (C=O) groups excluding carboxylic acids is 3. The molecular formula is C21H24N2O4. The Balaban J connectivity index is 2.08. The molecule has 2 rings (SSSR count). The van der Waals surface area contributed by atoms with E-state index in [-0.39, 0.29) is 12.5 Å². The summed E-state index contributed by atoms with van der Waals surface area (Å²) in [6.45, 7) is 2.64. The quantitative estimate of drug-likeness (QED) is 0.661. The lowest BCUT2D eigenvalue weighted by Crippen LogP contribution is -2.49. The van der Waals surface area contributed by atoms with Crippen LogP contribution in [0.2, 0.25) is 0 Å². The van der Waals surface area contributed by atoms with Crippen LogP contribution in [0.25, 0.3) is 11.1 Å². The highest BCUT2D eigenvalue weighted by atomic mass is 16.3. The molecule has 142 valence electrons. The zero-order chi connectivity index (χ0) is 19.8. The third kappa shape index (κ3) is 5.76. The Bertz CT molecular complexity index is 798. The number of aliphatic hydroxyl groups excluding tert-OH is 1. The summed E-state index contributed by atoms with van der Waals surface area (Å²) in [4.78, 5) is 35.2. The maximum atomic E-state index is 12.4. The molecule has 2 amide bonds. The van der Waals surface area contributed by atoms with Crippen LogP contribution < -0.4 is 10.6 Å². The second kappa shape index (κ2) is 9.64. The van der Waals surface area contributed by atoms with Gasteiger partial charge in [-0.05, 0) is 35.2 Å². The van der Waals surface area contributed by atoms with Gasteiger partial charge in [0.2, 0.25) is 5.91 Å². The Morgan fingerprint density at radius 1 is 0.963 bits per heavy atom. The molecule has 6 heteroatoms. The highest BCUT2D eigenvalue weighted by Crippen LogP contribution is 2.20. The molecule has 0 aliphatic carbocycles. The molecule has 0 aromatic heterocycles. The molecule has 0 spiro atoms. The van der Waals surface area contributed by atoms with E-state index in [2.05, 4.69) is 29.7 Å². The predicted molar refractivity (Wildman–Crippen MR) is 103 cm³/mol. The second-order valence-corrected chi connectivity index (χ2v) is 6.22. The van der Waals surface area contributed by atoms with Crippen LogP contribution in [0.1, 0.15) is 29.8 Å². The first-order valence-electron chi connectivity index (χ1n) is 8.82. The van der Waals surface area contributed by atoms with Crippen LogP contribution in [-0.4, -0.2) is 41.9 Å². The average Bonchev–Trinajstić information content (AvgIpc) is 2.70. The maximum Gasteiger partial charge on any atom is 0.251 e. The van der Waals surface area contributed by atoms with Gasteiger partial charge in [-0.1, -0.05) is 43.3 Å². The summed E-state index contributed by atoms with van der Waals surface area (Å²) in [5.41, 5.74) is 3.68. The SMILES string of the molecule is CCc1ccc(-c2ccc(C(=O)N[C@@H](CNC(C)=O)C(=O)CO)cc2)cc1. The van der Waals surface area contributed by atoms with E-state index in [1.165, 1.54) is 12.5 Å². The zero-order valence-corrected chi connectivity index (χ0v) is 15.5. The molecular weight excluding hydrogens is 344 g/mol. The monoisotopic (exact) mass is 368 g/mol. The van der Waals surface area contributed by atoms with Gasteiger partial charge >= 0.3 is 0 Å². The van der Waals surface area contributed by atoms with E-state index in [4.69, 9.17) is 5.11 Å². The van der Waals surface area contributed by atoms with E-state index < -0.39 is 24.3 Å². The molecule has 27 heavy (non-hydrogen) atoms. The molecule has 0 aliphatic heterocycles. The molecule has 3 N–H and O–H groups in total. The average molecular weight is 368 g/mol. The van der Waals surface area contributed by atoms with E-state index in [1.807, 2.05) is 24.3 Å². The van der Waals surface area contributed by atoms with Crippen molar-refractivity contribution in [3.05, 3.63) is 59.7 Å². The van der Waals surface area contributed by atoms with E-state index in [0.717, 1.165) is 17.5 Å². The van der Waals surface area contributed by atoms with Gasteiger partial charge in [0.25, 0.3) is 5.91 Å². The van der Waals surface area contributed by atoms with E-state index in [1.54, 1.807) is 12.1 Å². The summed E-state index contributed by atoms with van der Waals surface area (Å²) < 4.78 is 0. The number of nitrogens with one attached hydrogen (secondary N) is 2. The van der Waals surface area contributed by atoms with Crippen LogP contribution in [0.4, 0.5) is 0 Å². The molecule has 1 atom stereocenters. The van der Waals surface area contributed by atoms with Gasteiger partial charge in [-0.25, -0.2) is 0 Å². The molecule has 0 unspecified atom stereocenters. The van der Waals surface area contributed by atoms with Crippen molar-refractivity contribution in [3.63, 3.8) is 0 Å². The lowest BCUT2D eigenvalue weighted by atomic mass is 10.0. The van der Waals surface area contributed by atoms with E-state index in [0.29, 0.717) is 5.56 Å². The molecule has 0 saturated heterocycles. The number of ketones is 1. The minimum absolute atomic E-state index is 0.0671. The van der Waals surface area contributed by atoms with Gasteiger partial charge in [-0.3, -0.25) is 14.4 Å². The Morgan fingerprint density at radius 3 is 2.00 bits per heavy atom. The number of hydrogen-bond acceptors (Lipinski definition) is 4. The van der Waals surface area contributed by atoms with Crippen LogP contribution >= 0.6 is 0 Å². The summed E-state index contributed by atoms with van der Waals surface area (Å²) >= 11 is 0. The number of Topliss-reactive ketones (excluding diaryl/α,β-unsaturated/α-hetero) is 1. The van der Waals surface area contributed by atoms with Gasteiger partial charge in [-0.15, -0.1) is 0 Å². The summed E-state index contributed by atoms with van der Waals surface area (Å²) in [5.74, 6) is -1.33. The fraction of sp³-hybridized carbons (Fsp3) is 0.286. The lowest BCUT2D eigenvalue weighted by molar-refractivity contribution is -0.124. The van der Waals surface area contributed by atoms with Crippen LogP contribution in [0.3, 0.4) is 0 Å². The Kier molecular flexibility index (Phi) is 7.25. The molecule has 6 nitrogen and oxygen atoms in total. The van der Waals surface area contributed by atoms with Crippen LogP contribution in [0.5, 0.6) is 0 Å². The normalized spacial score (nSPS) is 11.5. The van der Waals surface area contributed by atoms with Crippen molar-refractivity contribution in [2.45, 2.75) is 26.3 Å². The Morgan fingerprint density at radius 2 is 1.52 bits per heavy atom. The van der Waals surface area contributed by atoms with Crippen molar-refractivity contribution >= 4 is 17.6 Å². The zero-order valence-electron chi connectivity index (χ0n) is 15.5. The number of hydrogen-bond donors (Lipinski definition) is 3. The smallest absolute Gasteiger partial charge is 0.251 e. The number of aliphatic hydroxyl groups is 1. The first kappa shape index (κ1) is 20.3. The minimum atomic E-state index is -0.979. The third-order valence-electron chi connectivity index (χ3n) is 4.25. The molecule has 0 aliphatic rings. The second-order valence-electron chi connectivity index (χ2n) is 6.22. The first-order chi connectivity index (χ1) is 12.9. The highest BCUT2D eigenvalue weighted by molar-refractivity contribution is 5.98. The Hall–Kier alpha value is -2.99.